The molecule has 1 aromatic heterocycles. The number of anilines is 1. The van der Waals surface area contributed by atoms with Gasteiger partial charge in [-0.15, -0.1) is 24.0 Å². The number of pyridine rings is 1. The summed E-state index contributed by atoms with van der Waals surface area (Å²) in [6.45, 7) is 7.77. The highest BCUT2D eigenvalue weighted by Crippen LogP contribution is 2.26. The molecule has 2 atom stereocenters. The van der Waals surface area contributed by atoms with E-state index in [1.54, 1.807) is 0 Å². The number of nitrogens with one attached hydrogen (secondary N) is 2. The molecule has 0 aromatic carbocycles. The van der Waals surface area contributed by atoms with Crippen LogP contribution in [0.1, 0.15) is 44.6 Å². The number of likely N-dealkylation sites (tertiary alicyclic amines) is 1. The number of morpholine rings is 1. The third-order valence-electron chi connectivity index (χ3n) is 6.46. The fourth-order valence-electron chi connectivity index (χ4n) is 4.85. The molecule has 2 N–H and O–H groups in total. The first-order chi connectivity index (χ1) is 14.2. The van der Waals surface area contributed by atoms with Crippen LogP contribution in [0.4, 0.5) is 5.82 Å². The van der Waals surface area contributed by atoms with Crippen molar-refractivity contribution in [3.05, 3.63) is 23.9 Å². The number of guanidine groups is 1. The number of hydrogen-bond acceptors (Lipinski definition) is 5. The lowest BCUT2D eigenvalue weighted by molar-refractivity contribution is 0.0529. The minimum atomic E-state index is 0. The topological polar surface area (TPSA) is 65.0 Å². The first-order valence-electron chi connectivity index (χ1n) is 11.2. The number of hydrogen-bond donors (Lipinski definition) is 2. The molecule has 168 valence electrons. The zero-order chi connectivity index (χ0) is 20.1. The Balaban J connectivity index is 0.00000256. The van der Waals surface area contributed by atoms with Gasteiger partial charge in [-0.2, -0.15) is 0 Å². The lowest BCUT2D eigenvalue weighted by Gasteiger charge is -2.32. The molecule has 3 heterocycles. The molecular weight excluding hydrogens is 491 g/mol. The van der Waals surface area contributed by atoms with E-state index < -0.39 is 0 Å². The molecule has 1 aromatic rings. The van der Waals surface area contributed by atoms with Crippen LogP contribution < -0.4 is 15.5 Å². The Morgan fingerprint density at radius 3 is 2.83 bits per heavy atom. The Labute approximate surface area is 198 Å². The number of nitrogens with zero attached hydrogens (tertiary/aromatic N) is 4. The van der Waals surface area contributed by atoms with Gasteiger partial charge in [-0.1, -0.05) is 12.8 Å². The molecule has 2 saturated heterocycles. The van der Waals surface area contributed by atoms with Crippen molar-refractivity contribution in [3.63, 3.8) is 0 Å². The van der Waals surface area contributed by atoms with E-state index in [1.165, 1.54) is 44.2 Å². The van der Waals surface area contributed by atoms with E-state index in [4.69, 9.17) is 4.74 Å². The second kappa shape index (κ2) is 11.5. The van der Waals surface area contributed by atoms with Gasteiger partial charge in [-0.05, 0) is 43.9 Å². The Kier molecular flexibility index (Phi) is 9.00. The van der Waals surface area contributed by atoms with Gasteiger partial charge in [-0.25, -0.2) is 4.98 Å². The van der Waals surface area contributed by atoms with E-state index in [2.05, 4.69) is 49.5 Å². The van der Waals surface area contributed by atoms with Crippen LogP contribution in [0.2, 0.25) is 0 Å². The predicted octanol–water partition coefficient (Wildman–Crippen LogP) is 2.61. The predicted molar refractivity (Wildman–Crippen MR) is 133 cm³/mol. The summed E-state index contributed by atoms with van der Waals surface area (Å²) in [6, 6.07) is 5.56. The zero-order valence-electron chi connectivity index (χ0n) is 18.3. The van der Waals surface area contributed by atoms with Crippen LogP contribution >= 0.6 is 24.0 Å². The van der Waals surface area contributed by atoms with Gasteiger partial charge in [0.05, 0.1) is 12.7 Å². The maximum atomic E-state index is 5.65. The summed E-state index contributed by atoms with van der Waals surface area (Å²) in [7, 11) is 1.85. The van der Waals surface area contributed by atoms with E-state index in [9.17, 15) is 0 Å². The van der Waals surface area contributed by atoms with Crippen molar-refractivity contribution in [2.24, 2.45) is 4.99 Å². The van der Waals surface area contributed by atoms with E-state index in [1.807, 2.05) is 13.2 Å². The van der Waals surface area contributed by atoms with Crippen molar-refractivity contribution in [1.82, 2.24) is 20.5 Å². The first kappa shape index (κ1) is 23.5. The number of aliphatic imine (C=N–C) groups is 1. The van der Waals surface area contributed by atoms with Crippen molar-refractivity contribution < 1.29 is 4.74 Å². The molecule has 2 aliphatic heterocycles. The van der Waals surface area contributed by atoms with Gasteiger partial charge in [0.25, 0.3) is 0 Å². The molecule has 4 rings (SSSR count). The third-order valence-corrected chi connectivity index (χ3v) is 6.46. The highest BCUT2D eigenvalue weighted by atomic mass is 127. The van der Waals surface area contributed by atoms with Crippen LogP contribution in [-0.4, -0.2) is 73.9 Å². The first-order valence-corrected chi connectivity index (χ1v) is 11.2. The quantitative estimate of drug-likeness (QED) is 0.348. The Morgan fingerprint density at radius 2 is 2.07 bits per heavy atom. The van der Waals surface area contributed by atoms with Crippen LogP contribution in [-0.2, 0) is 11.3 Å². The summed E-state index contributed by atoms with van der Waals surface area (Å²) >= 11 is 0. The van der Waals surface area contributed by atoms with Crippen LogP contribution in [0.15, 0.2) is 23.3 Å². The van der Waals surface area contributed by atoms with Gasteiger partial charge in [0.15, 0.2) is 5.96 Å². The molecule has 1 aliphatic carbocycles. The zero-order valence-corrected chi connectivity index (χ0v) is 20.7. The molecule has 7 nitrogen and oxygen atoms in total. The van der Waals surface area contributed by atoms with Crippen LogP contribution in [0, 0.1) is 0 Å². The smallest absolute Gasteiger partial charge is 0.191 e. The van der Waals surface area contributed by atoms with Crippen LogP contribution in [0.3, 0.4) is 0 Å². The molecule has 3 fully saturated rings. The van der Waals surface area contributed by atoms with Gasteiger partial charge < -0.3 is 20.3 Å². The summed E-state index contributed by atoms with van der Waals surface area (Å²) in [6.07, 6.45) is 8.92. The molecule has 0 bridgehead atoms. The molecule has 0 radical (unpaired) electrons. The highest BCUT2D eigenvalue weighted by molar-refractivity contribution is 14.0. The third kappa shape index (κ3) is 6.20. The fourth-order valence-corrected chi connectivity index (χ4v) is 4.85. The van der Waals surface area contributed by atoms with Crippen molar-refractivity contribution in [3.8, 4) is 0 Å². The minimum absolute atomic E-state index is 0. The van der Waals surface area contributed by atoms with Crippen molar-refractivity contribution in [1.29, 1.82) is 0 Å². The maximum absolute atomic E-state index is 5.65. The standard InChI is InChI=1S/C22H36N6O.HI/c1-17-15-28(11-12-29-17)21-13-18(7-9-24-21)14-25-22(23-2)26-19-8-10-27(16-19)20-5-3-4-6-20;/h7,9,13,17,19-20H,3-6,8,10-12,14-16H2,1-2H3,(H2,23,25,26);1H. The number of halogens is 1. The SMILES string of the molecule is CN=C(NCc1ccnc(N2CCOC(C)C2)c1)NC1CCN(C2CCCC2)C1.I. The summed E-state index contributed by atoms with van der Waals surface area (Å²) < 4.78 is 5.65. The van der Waals surface area contributed by atoms with Crippen LogP contribution in [0.25, 0.3) is 0 Å². The van der Waals surface area contributed by atoms with Gasteiger partial charge in [0, 0.05) is 58.1 Å². The van der Waals surface area contributed by atoms with Gasteiger partial charge in [-0.3, -0.25) is 9.89 Å². The van der Waals surface area contributed by atoms with E-state index in [0.717, 1.165) is 50.6 Å². The molecular formula is C22H37IN6O. The molecule has 0 spiro atoms. The largest absolute Gasteiger partial charge is 0.375 e. The molecule has 0 amide bonds. The summed E-state index contributed by atoms with van der Waals surface area (Å²) in [5.41, 5.74) is 1.22. The van der Waals surface area contributed by atoms with Crippen molar-refractivity contribution in [2.45, 2.75) is 63.8 Å². The number of rotatable bonds is 5. The van der Waals surface area contributed by atoms with Gasteiger partial charge >= 0.3 is 0 Å². The van der Waals surface area contributed by atoms with Crippen LogP contribution in [0.5, 0.6) is 0 Å². The molecule has 3 aliphatic rings. The summed E-state index contributed by atoms with van der Waals surface area (Å²) in [5, 5.41) is 7.11. The summed E-state index contributed by atoms with van der Waals surface area (Å²) in [5.74, 6) is 1.92. The maximum Gasteiger partial charge on any atom is 0.191 e. The second-order valence-corrected chi connectivity index (χ2v) is 8.64. The van der Waals surface area contributed by atoms with Gasteiger partial charge in [0.1, 0.15) is 5.82 Å². The van der Waals surface area contributed by atoms with E-state index in [0.29, 0.717) is 6.04 Å². The summed E-state index contributed by atoms with van der Waals surface area (Å²) in [4.78, 5) is 14.0. The Morgan fingerprint density at radius 1 is 1.23 bits per heavy atom. The van der Waals surface area contributed by atoms with E-state index >= 15 is 0 Å². The average molecular weight is 528 g/mol. The van der Waals surface area contributed by atoms with Gasteiger partial charge in [0.2, 0.25) is 0 Å². The van der Waals surface area contributed by atoms with Crippen molar-refractivity contribution >= 4 is 35.8 Å². The van der Waals surface area contributed by atoms with E-state index in [-0.39, 0.29) is 30.1 Å². The average Bonchev–Trinajstić information content (AvgIpc) is 3.43. The molecule has 1 saturated carbocycles. The lowest BCUT2D eigenvalue weighted by atomic mass is 10.2. The molecule has 8 heteroatoms. The number of ether oxygens (including phenoxy) is 1. The molecule has 2 unspecified atom stereocenters. The monoisotopic (exact) mass is 528 g/mol. The minimum Gasteiger partial charge on any atom is -0.375 e. The molecule has 30 heavy (non-hydrogen) atoms. The Hall–Kier alpha value is -1.13. The van der Waals surface area contributed by atoms with Crippen molar-refractivity contribution in [2.75, 3.05) is 44.7 Å². The highest BCUT2D eigenvalue weighted by Gasteiger charge is 2.30. The fraction of sp³-hybridized carbons (Fsp3) is 0.727. The Bertz CT molecular complexity index is 696. The second-order valence-electron chi connectivity index (χ2n) is 8.64. The normalized spacial score (nSPS) is 25.9. The number of aromatic nitrogens is 1. The lowest BCUT2D eigenvalue weighted by Crippen LogP contribution is -2.45.